The lowest BCUT2D eigenvalue weighted by Gasteiger charge is -2.22. The second-order valence-electron chi connectivity index (χ2n) is 7.59. The third kappa shape index (κ3) is 6.49. The summed E-state index contributed by atoms with van der Waals surface area (Å²) in [6, 6.07) is 9.12. The van der Waals surface area contributed by atoms with Crippen LogP contribution in [0.25, 0.3) is 11.1 Å². The number of pyridine rings is 1. The van der Waals surface area contributed by atoms with Crippen LogP contribution in [-0.4, -0.2) is 59.8 Å². The number of aliphatic hydroxyl groups is 1. The molecule has 1 aliphatic heterocycles. The molecule has 1 aliphatic rings. The number of nitrogens with zero attached hydrogens (tertiary/aromatic N) is 2. The number of carbonyl (C=O) groups excluding carboxylic acids is 1. The number of hydrogen-bond acceptors (Lipinski definition) is 5. The average Bonchev–Trinajstić information content (AvgIpc) is 3.06. The zero-order valence-corrected chi connectivity index (χ0v) is 17.1. The zero-order chi connectivity index (χ0) is 22.2. The lowest BCUT2D eigenvalue weighted by atomic mass is 9.99. The van der Waals surface area contributed by atoms with Crippen molar-refractivity contribution in [3.63, 3.8) is 0 Å². The summed E-state index contributed by atoms with van der Waals surface area (Å²) < 4.78 is 37.9. The molecule has 2 aromatic rings. The van der Waals surface area contributed by atoms with Crippen LogP contribution in [0.3, 0.4) is 0 Å². The van der Waals surface area contributed by atoms with Gasteiger partial charge < -0.3 is 15.7 Å². The Morgan fingerprint density at radius 1 is 1.16 bits per heavy atom. The van der Waals surface area contributed by atoms with Crippen molar-refractivity contribution in [2.24, 2.45) is 0 Å². The monoisotopic (exact) mass is 436 g/mol. The molecule has 2 atom stereocenters. The molecule has 0 saturated carbocycles. The first kappa shape index (κ1) is 23.2. The zero-order valence-electron chi connectivity index (χ0n) is 17.1. The van der Waals surface area contributed by atoms with Gasteiger partial charge in [0.15, 0.2) is 0 Å². The maximum absolute atomic E-state index is 13.2. The normalized spacial score (nSPS) is 17.2. The maximum atomic E-state index is 13.2. The van der Waals surface area contributed by atoms with Gasteiger partial charge in [0, 0.05) is 25.0 Å². The summed E-state index contributed by atoms with van der Waals surface area (Å²) in [6.07, 6.45) is -0.588. The summed E-state index contributed by atoms with van der Waals surface area (Å²) in [5.74, 6) is -1.61. The van der Waals surface area contributed by atoms with Gasteiger partial charge in [-0.15, -0.1) is 0 Å². The van der Waals surface area contributed by atoms with Gasteiger partial charge in [0.2, 0.25) is 0 Å². The molecule has 3 rings (SSSR count). The number of aromatic nitrogens is 1. The molecule has 168 valence electrons. The van der Waals surface area contributed by atoms with Crippen LogP contribution in [0.15, 0.2) is 42.6 Å². The van der Waals surface area contributed by atoms with E-state index in [9.17, 15) is 23.1 Å². The van der Waals surface area contributed by atoms with E-state index >= 15 is 0 Å². The minimum Gasteiger partial charge on any atom is -0.386 e. The summed E-state index contributed by atoms with van der Waals surface area (Å²) in [6.45, 7) is 2.54. The highest BCUT2D eigenvalue weighted by molar-refractivity contribution is 5.79. The highest BCUT2D eigenvalue weighted by Gasteiger charge is 2.26. The first-order valence-corrected chi connectivity index (χ1v) is 10.3. The van der Waals surface area contributed by atoms with E-state index in [0.29, 0.717) is 5.56 Å². The van der Waals surface area contributed by atoms with Crippen molar-refractivity contribution in [2.45, 2.75) is 38.0 Å². The van der Waals surface area contributed by atoms with Crippen LogP contribution in [0.2, 0.25) is 0 Å². The number of alkyl halides is 3. The first-order chi connectivity index (χ1) is 15.0. The minimum atomic E-state index is -3.27. The molecule has 1 amide bonds. The molecular formula is C22H27F3N4O2. The number of aliphatic hydroxyl groups excluding tert-OH is 1. The number of halogens is 3. The average molecular weight is 436 g/mol. The van der Waals surface area contributed by atoms with Crippen molar-refractivity contribution in [2.75, 3.05) is 26.4 Å². The van der Waals surface area contributed by atoms with Crippen molar-refractivity contribution in [3.8, 4) is 11.1 Å². The van der Waals surface area contributed by atoms with Crippen LogP contribution in [0, 0.1) is 0 Å². The molecule has 6 nitrogen and oxygen atoms in total. The van der Waals surface area contributed by atoms with Crippen molar-refractivity contribution in [3.05, 3.63) is 53.9 Å². The van der Waals surface area contributed by atoms with Gasteiger partial charge in [0.05, 0.1) is 11.7 Å². The van der Waals surface area contributed by atoms with Crippen molar-refractivity contribution in [1.29, 1.82) is 0 Å². The van der Waals surface area contributed by atoms with E-state index in [1.807, 2.05) is 17.4 Å². The molecular weight excluding hydrogens is 409 g/mol. The number of carbonyl (C=O) groups is 1. The van der Waals surface area contributed by atoms with Crippen LogP contribution in [0.1, 0.15) is 30.2 Å². The van der Waals surface area contributed by atoms with E-state index in [-0.39, 0.29) is 0 Å². The van der Waals surface area contributed by atoms with Crippen molar-refractivity contribution < 1.29 is 23.1 Å². The van der Waals surface area contributed by atoms with E-state index < -0.39 is 31.2 Å². The van der Waals surface area contributed by atoms with E-state index in [2.05, 4.69) is 15.2 Å². The third-order valence-electron chi connectivity index (χ3n) is 5.28. The van der Waals surface area contributed by atoms with Gasteiger partial charge in [-0.2, -0.15) is 8.78 Å². The number of hydrogen-bond donors (Lipinski definition) is 3. The Labute approximate surface area is 179 Å². The molecule has 1 aromatic carbocycles. The van der Waals surface area contributed by atoms with E-state index in [1.165, 1.54) is 12.8 Å². The molecule has 1 fully saturated rings. The largest absolute Gasteiger partial charge is 0.386 e. The van der Waals surface area contributed by atoms with Gasteiger partial charge in [0.1, 0.15) is 12.8 Å². The van der Waals surface area contributed by atoms with Gasteiger partial charge in [-0.25, -0.2) is 4.39 Å². The molecule has 9 heteroatoms. The molecule has 0 spiro atoms. The van der Waals surface area contributed by atoms with Gasteiger partial charge >= 0.3 is 6.43 Å². The number of benzene rings is 1. The molecule has 0 aliphatic carbocycles. The molecule has 2 heterocycles. The lowest BCUT2D eigenvalue weighted by Crippen LogP contribution is -2.43. The second kappa shape index (κ2) is 11.2. The Bertz CT molecular complexity index is 826. The Kier molecular flexibility index (Phi) is 8.39. The van der Waals surface area contributed by atoms with E-state index in [4.69, 9.17) is 0 Å². The molecule has 1 saturated heterocycles. The second-order valence-corrected chi connectivity index (χ2v) is 7.59. The molecule has 3 N–H and O–H groups in total. The quantitative estimate of drug-likeness (QED) is 0.593. The Morgan fingerprint density at radius 3 is 2.55 bits per heavy atom. The summed E-state index contributed by atoms with van der Waals surface area (Å²) in [5, 5.41) is 15.5. The molecule has 0 radical (unpaired) electrons. The number of nitrogens with one attached hydrogen (secondary N) is 2. The topological polar surface area (TPSA) is 77.5 Å². The first-order valence-electron chi connectivity index (χ1n) is 10.3. The smallest absolute Gasteiger partial charge is 0.315 e. The van der Waals surface area contributed by atoms with Gasteiger partial charge in [-0.3, -0.25) is 14.7 Å². The van der Waals surface area contributed by atoms with E-state index in [1.54, 1.807) is 30.5 Å². The summed E-state index contributed by atoms with van der Waals surface area (Å²) in [7, 11) is 0. The maximum Gasteiger partial charge on any atom is 0.315 e. The predicted molar refractivity (Wildman–Crippen MR) is 111 cm³/mol. The van der Waals surface area contributed by atoms with Gasteiger partial charge in [0.25, 0.3) is 5.91 Å². The van der Waals surface area contributed by atoms with Crippen LogP contribution >= 0.6 is 0 Å². The lowest BCUT2D eigenvalue weighted by molar-refractivity contribution is -0.133. The number of amides is 1. The summed E-state index contributed by atoms with van der Waals surface area (Å²) >= 11 is 0. The van der Waals surface area contributed by atoms with Gasteiger partial charge in [-0.1, -0.05) is 30.3 Å². The SMILES string of the molecule is O=C(NC(CF)C(O)c1ccc(-c2ccc(CN3CCCCNC3)nc2)cc1)C(F)F. The predicted octanol–water partition coefficient (Wildman–Crippen LogP) is 2.64. The fraction of sp³-hybridized carbons (Fsp3) is 0.455. The molecule has 0 bridgehead atoms. The van der Waals surface area contributed by atoms with Gasteiger partial charge in [-0.05, 0) is 43.1 Å². The van der Waals surface area contributed by atoms with Crippen LogP contribution < -0.4 is 10.6 Å². The number of rotatable bonds is 8. The third-order valence-corrected chi connectivity index (χ3v) is 5.28. The summed E-state index contributed by atoms with van der Waals surface area (Å²) in [5.41, 5.74) is 3.02. The van der Waals surface area contributed by atoms with Crippen molar-refractivity contribution in [1.82, 2.24) is 20.5 Å². The fourth-order valence-electron chi connectivity index (χ4n) is 3.51. The molecule has 31 heavy (non-hydrogen) atoms. The standard InChI is InChI=1S/C22H27F3N4O2/c23-11-19(28-22(31)21(24)25)20(30)16-5-3-15(4-6-16)17-7-8-18(27-12-17)13-29-10-2-1-9-26-14-29/h3-8,12,19-21,26,30H,1-2,9-11,13-14H2,(H,28,31). The minimum absolute atomic E-state index is 0.319. The Hall–Kier alpha value is -2.49. The fourth-order valence-corrected chi connectivity index (χ4v) is 3.51. The summed E-state index contributed by atoms with van der Waals surface area (Å²) in [4.78, 5) is 18.0. The van der Waals surface area contributed by atoms with Crippen LogP contribution in [0.4, 0.5) is 13.2 Å². The Balaban J connectivity index is 1.63. The molecule has 1 aromatic heterocycles. The Morgan fingerprint density at radius 2 is 1.90 bits per heavy atom. The van der Waals surface area contributed by atoms with Crippen LogP contribution in [-0.2, 0) is 11.3 Å². The van der Waals surface area contributed by atoms with Crippen molar-refractivity contribution >= 4 is 5.91 Å². The highest BCUT2D eigenvalue weighted by atomic mass is 19.3. The molecule has 2 unspecified atom stereocenters. The van der Waals surface area contributed by atoms with Crippen LogP contribution in [0.5, 0.6) is 0 Å². The van der Waals surface area contributed by atoms with E-state index in [0.717, 1.165) is 43.1 Å². The highest BCUT2D eigenvalue weighted by Crippen LogP contribution is 2.24.